The summed E-state index contributed by atoms with van der Waals surface area (Å²) in [6, 6.07) is 0. The summed E-state index contributed by atoms with van der Waals surface area (Å²) in [4.78, 5) is 0. The molecule has 0 amide bonds. The average Bonchev–Trinajstić information content (AvgIpc) is 2.84. The Labute approximate surface area is 69.4 Å². The number of hydrogen-bond donors (Lipinski definition) is 0. The second-order valence-corrected chi connectivity index (χ2v) is 5.48. The molecular formula is C11H18. The second kappa shape index (κ2) is 1.53. The molecule has 62 valence electrons. The molecule has 3 fully saturated rings. The van der Waals surface area contributed by atoms with Crippen LogP contribution in [-0.4, -0.2) is 0 Å². The van der Waals surface area contributed by atoms with Crippen molar-refractivity contribution >= 4 is 0 Å². The van der Waals surface area contributed by atoms with Gasteiger partial charge in [-0.2, -0.15) is 0 Å². The minimum absolute atomic E-state index is 0.871. The second-order valence-electron chi connectivity index (χ2n) is 5.48. The predicted octanol–water partition coefficient (Wildman–Crippen LogP) is 3.22. The lowest BCUT2D eigenvalue weighted by Gasteiger charge is -2.17. The van der Waals surface area contributed by atoms with Crippen LogP contribution in [-0.2, 0) is 0 Å². The van der Waals surface area contributed by atoms with Crippen LogP contribution in [0.15, 0.2) is 0 Å². The van der Waals surface area contributed by atoms with Crippen molar-refractivity contribution in [3.8, 4) is 0 Å². The van der Waals surface area contributed by atoms with Gasteiger partial charge in [0.1, 0.15) is 0 Å². The maximum atomic E-state index is 2.50. The molecule has 3 rings (SSSR count). The Kier molecular flexibility index (Phi) is 0.906. The molecule has 2 unspecified atom stereocenters. The van der Waals surface area contributed by atoms with E-state index >= 15 is 0 Å². The summed E-state index contributed by atoms with van der Waals surface area (Å²) < 4.78 is 0. The van der Waals surface area contributed by atoms with Crippen LogP contribution in [0.5, 0.6) is 0 Å². The zero-order chi connectivity index (χ0) is 7.69. The molecule has 0 bridgehead atoms. The molecule has 2 spiro atoms. The van der Waals surface area contributed by atoms with E-state index in [2.05, 4.69) is 13.8 Å². The smallest absolute Gasteiger partial charge is 0.0263 e. The third kappa shape index (κ3) is 0.625. The molecule has 0 radical (unpaired) electrons. The van der Waals surface area contributed by atoms with Crippen molar-refractivity contribution in [1.29, 1.82) is 0 Å². The molecule has 0 aromatic rings. The fourth-order valence-corrected chi connectivity index (χ4v) is 3.67. The first-order valence-corrected chi connectivity index (χ1v) is 5.19. The largest absolute Gasteiger partial charge is 0.0617 e. The van der Waals surface area contributed by atoms with Gasteiger partial charge in [0, 0.05) is 0 Å². The van der Waals surface area contributed by atoms with Crippen LogP contribution in [0, 0.1) is 22.7 Å². The third-order valence-corrected chi connectivity index (χ3v) is 5.17. The van der Waals surface area contributed by atoms with Crippen molar-refractivity contribution < 1.29 is 0 Å². The highest BCUT2D eigenvalue weighted by atomic mass is 14.7. The van der Waals surface area contributed by atoms with Crippen molar-refractivity contribution in [1.82, 2.24) is 0 Å². The molecule has 0 nitrogen and oxygen atoms in total. The van der Waals surface area contributed by atoms with Crippen LogP contribution in [0.2, 0.25) is 0 Å². The van der Waals surface area contributed by atoms with E-state index in [0.29, 0.717) is 0 Å². The van der Waals surface area contributed by atoms with E-state index in [1.165, 1.54) is 0 Å². The number of hydrogen-bond acceptors (Lipinski definition) is 0. The molecule has 0 heterocycles. The van der Waals surface area contributed by atoms with Crippen LogP contribution < -0.4 is 0 Å². The van der Waals surface area contributed by atoms with Gasteiger partial charge in [-0.1, -0.05) is 13.8 Å². The van der Waals surface area contributed by atoms with E-state index in [4.69, 9.17) is 0 Å². The summed E-state index contributed by atoms with van der Waals surface area (Å²) in [5.41, 5.74) is 1.74. The quantitative estimate of drug-likeness (QED) is 0.497. The molecule has 11 heavy (non-hydrogen) atoms. The predicted molar refractivity (Wildman–Crippen MR) is 46.3 cm³/mol. The van der Waals surface area contributed by atoms with E-state index in [1.54, 1.807) is 32.1 Å². The van der Waals surface area contributed by atoms with Gasteiger partial charge < -0.3 is 0 Å². The Morgan fingerprint density at radius 2 is 1.18 bits per heavy atom. The van der Waals surface area contributed by atoms with Crippen LogP contribution in [0.4, 0.5) is 0 Å². The normalized spacial score (nSPS) is 48.5. The zero-order valence-electron chi connectivity index (χ0n) is 7.69. The first-order chi connectivity index (χ1) is 5.19. The average molecular weight is 150 g/mol. The first-order valence-electron chi connectivity index (χ1n) is 5.19. The topological polar surface area (TPSA) is 0 Å². The monoisotopic (exact) mass is 150 g/mol. The van der Waals surface area contributed by atoms with Crippen molar-refractivity contribution in [3.05, 3.63) is 0 Å². The highest BCUT2D eigenvalue weighted by Crippen LogP contribution is 2.75. The summed E-state index contributed by atoms with van der Waals surface area (Å²) in [6.45, 7) is 5.01. The van der Waals surface area contributed by atoms with E-state index < -0.39 is 0 Å². The third-order valence-electron chi connectivity index (χ3n) is 5.17. The van der Waals surface area contributed by atoms with Gasteiger partial charge in [0.25, 0.3) is 0 Å². The maximum Gasteiger partial charge on any atom is -0.0263 e. The molecule has 2 atom stereocenters. The molecule has 3 saturated carbocycles. The van der Waals surface area contributed by atoms with Gasteiger partial charge in [0.05, 0.1) is 0 Å². The minimum atomic E-state index is 0.871. The molecule has 0 N–H and O–H groups in total. The molecule has 3 aliphatic carbocycles. The van der Waals surface area contributed by atoms with Crippen LogP contribution in [0.1, 0.15) is 46.0 Å². The van der Waals surface area contributed by atoms with Gasteiger partial charge in [-0.05, 0) is 54.8 Å². The summed E-state index contributed by atoms with van der Waals surface area (Å²) in [6.07, 6.45) is 7.82. The van der Waals surface area contributed by atoms with E-state index in [0.717, 1.165) is 22.7 Å². The standard InChI is InChI=1S/C11H18/c1-8-9(2)11(5-6-11)7-10(8)3-4-10/h8-9H,3-7H2,1-2H3. The molecule has 0 saturated heterocycles. The fraction of sp³-hybridized carbons (Fsp3) is 1.00. The van der Waals surface area contributed by atoms with E-state index in [-0.39, 0.29) is 0 Å². The highest BCUT2D eigenvalue weighted by Gasteiger charge is 2.66. The Morgan fingerprint density at radius 1 is 0.818 bits per heavy atom. The zero-order valence-corrected chi connectivity index (χ0v) is 7.69. The Morgan fingerprint density at radius 3 is 1.36 bits per heavy atom. The van der Waals surface area contributed by atoms with Crippen LogP contribution in [0.3, 0.4) is 0 Å². The maximum absolute atomic E-state index is 2.50. The molecule has 0 aliphatic heterocycles. The molecule has 0 aromatic carbocycles. The Balaban J connectivity index is 1.94. The van der Waals surface area contributed by atoms with Gasteiger partial charge in [0.2, 0.25) is 0 Å². The van der Waals surface area contributed by atoms with Crippen molar-refractivity contribution in [2.45, 2.75) is 46.0 Å². The summed E-state index contributed by atoms with van der Waals surface area (Å²) in [5, 5.41) is 0. The molecule has 0 aromatic heterocycles. The molecule has 0 heteroatoms. The van der Waals surface area contributed by atoms with Crippen molar-refractivity contribution in [2.24, 2.45) is 22.7 Å². The van der Waals surface area contributed by atoms with E-state index in [9.17, 15) is 0 Å². The Hall–Kier alpha value is 0. The Bertz CT molecular complexity index is 174. The minimum Gasteiger partial charge on any atom is -0.0617 e. The lowest BCUT2D eigenvalue weighted by atomic mass is 9.88. The van der Waals surface area contributed by atoms with Gasteiger partial charge in [-0.25, -0.2) is 0 Å². The summed E-state index contributed by atoms with van der Waals surface area (Å²) in [5.74, 6) is 2.09. The van der Waals surface area contributed by atoms with Gasteiger partial charge in [0.15, 0.2) is 0 Å². The van der Waals surface area contributed by atoms with Gasteiger partial charge in [-0.3, -0.25) is 0 Å². The summed E-state index contributed by atoms with van der Waals surface area (Å²) in [7, 11) is 0. The molecular weight excluding hydrogens is 132 g/mol. The SMILES string of the molecule is CC1C(C)C2(CC2)CC12CC2. The van der Waals surface area contributed by atoms with E-state index in [1.807, 2.05) is 0 Å². The molecule has 3 aliphatic rings. The van der Waals surface area contributed by atoms with Crippen LogP contribution in [0.25, 0.3) is 0 Å². The first kappa shape index (κ1) is 6.51. The lowest BCUT2D eigenvalue weighted by molar-refractivity contribution is 0.310. The van der Waals surface area contributed by atoms with Gasteiger partial charge in [-0.15, -0.1) is 0 Å². The van der Waals surface area contributed by atoms with Crippen LogP contribution >= 0.6 is 0 Å². The van der Waals surface area contributed by atoms with Crippen molar-refractivity contribution in [2.75, 3.05) is 0 Å². The van der Waals surface area contributed by atoms with Gasteiger partial charge >= 0.3 is 0 Å². The van der Waals surface area contributed by atoms with Crippen molar-refractivity contribution in [3.63, 3.8) is 0 Å². The highest BCUT2D eigenvalue weighted by molar-refractivity contribution is 5.16. The lowest BCUT2D eigenvalue weighted by Crippen LogP contribution is -2.11. The fourth-order valence-electron chi connectivity index (χ4n) is 3.67. The number of rotatable bonds is 0. The summed E-state index contributed by atoms with van der Waals surface area (Å²) >= 11 is 0.